The van der Waals surface area contributed by atoms with Crippen LogP contribution in [0.25, 0.3) is 0 Å². The van der Waals surface area contributed by atoms with Crippen molar-refractivity contribution in [3.8, 4) is 0 Å². The second-order valence-electron chi connectivity index (χ2n) is 5.43. The van der Waals surface area contributed by atoms with Crippen LogP contribution < -0.4 is 16.4 Å². The van der Waals surface area contributed by atoms with Gasteiger partial charge in [0.15, 0.2) is 0 Å². The van der Waals surface area contributed by atoms with Gasteiger partial charge < -0.3 is 16.4 Å². The number of fused-ring (bicyclic) bond motifs is 2. The van der Waals surface area contributed by atoms with Crippen molar-refractivity contribution in [1.29, 1.82) is 0 Å². The maximum atomic E-state index is 5.80. The average molecular weight is 247 g/mol. The molecule has 0 radical (unpaired) electrons. The third-order valence-corrected chi connectivity index (χ3v) is 4.42. The summed E-state index contributed by atoms with van der Waals surface area (Å²) in [6.45, 7) is 2.10. The van der Waals surface area contributed by atoms with Gasteiger partial charge in [-0.05, 0) is 38.4 Å². The highest BCUT2D eigenvalue weighted by molar-refractivity contribution is 5.62. The Morgan fingerprint density at radius 3 is 2.72 bits per heavy atom. The monoisotopic (exact) mass is 247 g/mol. The third kappa shape index (κ3) is 1.88. The number of nitrogens with two attached hydrogens (primary N) is 2. The predicted molar refractivity (Wildman–Crippen MR) is 74.5 cm³/mol. The number of nitrogen functional groups attached to an aromatic ring is 2. The highest BCUT2D eigenvalue weighted by Crippen LogP contribution is 2.30. The highest BCUT2D eigenvalue weighted by Gasteiger charge is 2.34. The fraction of sp³-hybridized carbons (Fsp3) is 0.615. The van der Waals surface area contributed by atoms with E-state index in [4.69, 9.17) is 11.5 Å². The Morgan fingerprint density at radius 1 is 1.17 bits per heavy atom. The van der Waals surface area contributed by atoms with Crippen LogP contribution in [0.15, 0.2) is 12.1 Å². The number of nitrogens with zero attached hydrogens (tertiary/aromatic N) is 3. The van der Waals surface area contributed by atoms with Crippen molar-refractivity contribution in [3.63, 3.8) is 0 Å². The second kappa shape index (κ2) is 4.31. The van der Waals surface area contributed by atoms with Crippen molar-refractivity contribution in [2.24, 2.45) is 0 Å². The molecule has 2 fully saturated rings. The molecule has 0 spiro atoms. The van der Waals surface area contributed by atoms with E-state index in [1.807, 2.05) is 12.1 Å². The van der Waals surface area contributed by atoms with E-state index in [0.29, 0.717) is 17.5 Å². The molecule has 0 amide bonds. The minimum atomic E-state index is 0.440. The van der Waals surface area contributed by atoms with Crippen LogP contribution in [0.1, 0.15) is 19.3 Å². The van der Waals surface area contributed by atoms with Gasteiger partial charge in [0.2, 0.25) is 0 Å². The van der Waals surface area contributed by atoms with Gasteiger partial charge >= 0.3 is 0 Å². The lowest BCUT2D eigenvalue weighted by atomic mass is 10.1. The molecule has 2 aliphatic heterocycles. The van der Waals surface area contributed by atoms with E-state index in [9.17, 15) is 0 Å². The molecule has 98 valence electrons. The highest BCUT2D eigenvalue weighted by atomic mass is 15.3. The zero-order valence-electron chi connectivity index (χ0n) is 10.8. The van der Waals surface area contributed by atoms with Crippen molar-refractivity contribution >= 4 is 17.3 Å². The summed E-state index contributed by atoms with van der Waals surface area (Å²) in [7, 11) is 2.25. The van der Waals surface area contributed by atoms with Gasteiger partial charge in [0, 0.05) is 25.2 Å². The van der Waals surface area contributed by atoms with Gasteiger partial charge in [0.05, 0.1) is 5.69 Å². The molecule has 4 N–H and O–H groups in total. The van der Waals surface area contributed by atoms with Crippen LogP contribution in [0.2, 0.25) is 0 Å². The van der Waals surface area contributed by atoms with Crippen molar-refractivity contribution in [1.82, 2.24) is 9.88 Å². The van der Waals surface area contributed by atoms with Crippen molar-refractivity contribution in [2.45, 2.75) is 31.3 Å². The molecule has 1 aromatic heterocycles. The summed E-state index contributed by atoms with van der Waals surface area (Å²) in [4.78, 5) is 9.28. The minimum Gasteiger partial charge on any atom is -0.396 e. The molecule has 0 aromatic carbocycles. The van der Waals surface area contributed by atoms with Gasteiger partial charge in [0.25, 0.3) is 0 Å². The summed E-state index contributed by atoms with van der Waals surface area (Å²) in [5, 5.41) is 0. The normalized spacial score (nSPS) is 28.4. The lowest BCUT2D eigenvalue weighted by Crippen LogP contribution is -2.37. The molecule has 2 saturated heterocycles. The number of likely N-dealkylation sites (N-methyl/N-ethyl adjacent to an activating group) is 1. The molecule has 2 aliphatic rings. The maximum absolute atomic E-state index is 5.80. The average Bonchev–Trinajstić information content (AvgIpc) is 2.57. The smallest absolute Gasteiger partial charge is 0.149 e. The summed E-state index contributed by atoms with van der Waals surface area (Å²) >= 11 is 0. The first-order chi connectivity index (χ1) is 8.65. The number of hydrogen-bond donors (Lipinski definition) is 2. The molecule has 0 aliphatic carbocycles. The Hall–Kier alpha value is -1.49. The van der Waals surface area contributed by atoms with Crippen LogP contribution in [-0.2, 0) is 0 Å². The first-order valence-corrected chi connectivity index (χ1v) is 6.64. The van der Waals surface area contributed by atoms with Gasteiger partial charge in [-0.2, -0.15) is 0 Å². The molecule has 2 unspecified atom stereocenters. The Kier molecular flexibility index (Phi) is 2.78. The molecule has 1 aromatic rings. The lowest BCUT2D eigenvalue weighted by Gasteiger charge is -2.26. The van der Waals surface area contributed by atoms with E-state index >= 15 is 0 Å². The Labute approximate surface area is 108 Å². The van der Waals surface area contributed by atoms with Crippen LogP contribution in [0.5, 0.6) is 0 Å². The third-order valence-electron chi connectivity index (χ3n) is 4.42. The van der Waals surface area contributed by atoms with E-state index in [2.05, 4.69) is 21.8 Å². The fourth-order valence-corrected chi connectivity index (χ4v) is 3.17. The Morgan fingerprint density at radius 2 is 1.94 bits per heavy atom. The standard InChI is InChI=1S/C13H21N5/c1-17-9-2-3-10(17)8-18(7-6-9)12-5-4-11(14)13(15)16-12/h4-5,9-10H,2-3,6-8,14H2,1H3,(H2,15,16). The van der Waals surface area contributed by atoms with E-state index in [1.165, 1.54) is 19.3 Å². The topological polar surface area (TPSA) is 71.4 Å². The van der Waals surface area contributed by atoms with Crippen LogP contribution in [0, 0.1) is 0 Å². The van der Waals surface area contributed by atoms with Gasteiger partial charge in [0.1, 0.15) is 11.6 Å². The number of aromatic nitrogens is 1. The van der Waals surface area contributed by atoms with Gasteiger partial charge in [-0.15, -0.1) is 0 Å². The van der Waals surface area contributed by atoms with Crippen LogP contribution in [0.3, 0.4) is 0 Å². The first-order valence-electron chi connectivity index (χ1n) is 6.64. The summed E-state index contributed by atoms with van der Waals surface area (Å²) < 4.78 is 0. The largest absolute Gasteiger partial charge is 0.396 e. The second-order valence-corrected chi connectivity index (χ2v) is 5.43. The Bertz CT molecular complexity index is 447. The first kappa shape index (κ1) is 11.6. The summed E-state index contributed by atoms with van der Waals surface area (Å²) in [5.41, 5.74) is 12.1. The van der Waals surface area contributed by atoms with Gasteiger partial charge in [-0.1, -0.05) is 0 Å². The quantitative estimate of drug-likeness (QED) is 0.772. The zero-order chi connectivity index (χ0) is 12.7. The maximum Gasteiger partial charge on any atom is 0.149 e. The summed E-state index contributed by atoms with van der Waals surface area (Å²) in [6.07, 6.45) is 3.84. The SMILES string of the molecule is CN1C2CCC1CN(c1ccc(N)c(N)n1)CC2. The van der Waals surface area contributed by atoms with Gasteiger partial charge in [-0.3, -0.25) is 4.90 Å². The molecule has 3 heterocycles. The molecule has 3 rings (SSSR count). The molecule has 5 heteroatoms. The minimum absolute atomic E-state index is 0.440. The number of hydrogen-bond acceptors (Lipinski definition) is 5. The van der Waals surface area contributed by atoms with Crippen molar-refractivity contribution in [3.05, 3.63) is 12.1 Å². The Balaban J connectivity index is 1.82. The molecular weight excluding hydrogens is 226 g/mol. The number of pyridine rings is 1. The van der Waals surface area contributed by atoms with Gasteiger partial charge in [-0.25, -0.2) is 4.98 Å². The van der Waals surface area contributed by atoms with Crippen LogP contribution in [0.4, 0.5) is 17.3 Å². The van der Waals surface area contributed by atoms with E-state index < -0.39 is 0 Å². The van der Waals surface area contributed by atoms with Crippen molar-refractivity contribution < 1.29 is 0 Å². The number of anilines is 3. The molecule has 2 bridgehead atoms. The predicted octanol–water partition coefficient (Wildman–Crippen LogP) is 0.919. The zero-order valence-corrected chi connectivity index (χ0v) is 10.8. The summed E-state index contributed by atoms with van der Waals surface area (Å²) in [6, 6.07) is 5.22. The molecule has 0 saturated carbocycles. The molecule has 18 heavy (non-hydrogen) atoms. The van der Waals surface area contributed by atoms with Crippen molar-refractivity contribution in [2.75, 3.05) is 36.5 Å². The van der Waals surface area contributed by atoms with E-state index in [1.54, 1.807) is 0 Å². The number of rotatable bonds is 1. The molecule has 2 atom stereocenters. The van der Waals surface area contributed by atoms with E-state index in [-0.39, 0.29) is 0 Å². The fourth-order valence-electron chi connectivity index (χ4n) is 3.17. The van der Waals surface area contributed by atoms with E-state index in [0.717, 1.165) is 24.9 Å². The lowest BCUT2D eigenvalue weighted by molar-refractivity contribution is 0.254. The van der Waals surface area contributed by atoms with Crippen LogP contribution >= 0.6 is 0 Å². The molecule has 5 nitrogen and oxygen atoms in total. The van der Waals surface area contributed by atoms with Crippen LogP contribution in [-0.4, -0.2) is 42.1 Å². The molecular formula is C13H21N5. The summed E-state index contributed by atoms with van der Waals surface area (Å²) in [5.74, 6) is 1.40.